The molecule has 1 amide bonds. The minimum atomic E-state index is -0.0661. The Kier molecular flexibility index (Phi) is 5.60. The van der Waals surface area contributed by atoms with Crippen LogP contribution in [0.3, 0.4) is 0 Å². The van der Waals surface area contributed by atoms with Gasteiger partial charge in [-0.25, -0.2) is 0 Å². The van der Waals surface area contributed by atoms with Crippen LogP contribution >= 0.6 is 23.1 Å². The van der Waals surface area contributed by atoms with Gasteiger partial charge in [-0.3, -0.25) is 4.79 Å². The number of amides is 1. The van der Waals surface area contributed by atoms with Crippen molar-refractivity contribution in [1.29, 1.82) is 0 Å². The van der Waals surface area contributed by atoms with Crippen molar-refractivity contribution in [3.8, 4) is 11.4 Å². The fourth-order valence-corrected chi connectivity index (χ4v) is 3.89. The van der Waals surface area contributed by atoms with Crippen molar-refractivity contribution in [3.05, 3.63) is 40.5 Å². The molecule has 3 heterocycles. The Morgan fingerprint density at radius 3 is 2.96 bits per heavy atom. The van der Waals surface area contributed by atoms with E-state index in [0.717, 1.165) is 22.3 Å². The summed E-state index contributed by atoms with van der Waals surface area (Å²) in [6.07, 6.45) is 1.59. The highest BCUT2D eigenvalue weighted by molar-refractivity contribution is 7.99. The zero-order valence-corrected chi connectivity index (χ0v) is 16.0. The first-order valence-corrected chi connectivity index (χ1v) is 9.81. The summed E-state index contributed by atoms with van der Waals surface area (Å²) in [4.78, 5) is 13.3. The van der Waals surface area contributed by atoms with Crippen molar-refractivity contribution in [2.45, 2.75) is 31.5 Å². The first-order valence-electron chi connectivity index (χ1n) is 7.94. The SMILES string of the molecule is CC(C)c1cc(-c2nnc(SCC(=O)NCc3ccco3)n2C)cs1. The molecule has 0 bridgehead atoms. The lowest BCUT2D eigenvalue weighted by Gasteiger charge is -2.04. The molecule has 3 aromatic rings. The van der Waals surface area contributed by atoms with Crippen LogP contribution in [0.15, 0.2) is 39.4 Å². The summed E-state index contributed by atoms with van der Waals surface area (Å²) in [5.41, 5.74) is 1.07. The van der Waals surface area contributed by atoms with Gasteiger partial charge in [0.2, 0.25) is 5.91 Å². The number of thiophene rings is 1. The maximum atomic E-state index is 11.9. The number of hydrogen-bond donors (Lipinski definition) is 1. The summed E-state index contributed by atoms with van der Waals surface area (Å²) in [6.45, 7) is 4.74. The summed E-state index contributed by atoms with van der Waals surface area (Å²) in [5.74, 6) is 2.27. The number of rotatable bonds is 7. The second kappa shape index (κ2) is 7.88. The number of hydrogen-bond acceptors (Lipinski definition) is 6. The van der Waals surface area contributed by atoms with Crippen LogP contribution in [0.4, 0.5) is 0 Å². The van der Waals surface area contributed by atoms with Crippen molar-refractivity contribution in [1.82, 2.24) is 20.1 Å². The topological polar surface area (TPSA) is 73.0 Å². The maximum absolute atomic E-state index is 11.9. The molecule has 0 saturated carbocycles. The lowest BCUT2D eigenvalue weighted by Crippen LogP contribution is -2.24. The molecule has 1 N–H and O–H groups in total. The Hall–Kier alpha value is -2.06. The van der Waals surface area contributed by atoms with Crippen molar-refractivity contribution in [2.75, 3.05) is 5.75 Å². The molecule has 25 heavy (non-hydrogen) atoms. The van der Waals surface area contributed by atoms with Crippen molar-refractivity contribution >= 4 is 29.0 Å². The minimum Gasteiger partial charge on any atom is -0.467 e. The fraction of sp³-hybridized carbons (Fsp3) is 0.353. The molecule has 0 aliphatic heterocycles. The molecule has 0 saturated heterocycles. The average molecular weight is 377 g/mol. The van der Waals surface area contributed by atoms with Crippen molar-refractivity contribution < 1.29 is 9.21 Å². The van der Waals surface area contributed by atoms with Gasteiger partial charge in [-0.05, 0) is 24.1 Å². The molecule has 0 aromatic carbocycles. The normalized spacial score (nSPS) is 11.2. The lowest BCUT2D eigenvalue weighted by atomic mass is 10.1. The Labute approximate surface area is 154 Å². The first-order chi connectivity index (χ1) is 12.0. The molecular formula is C17H20N4O2S2. The molecule has 6 nitrogen and oxygen atoms in total. The maximum Gasteiger partial charge on any atom is 0.230 e. The zero-order chi connectivity index (χ0) is 17.8. The Morgan fingerprint density at radius 1 is 1.44 bits per heavy atom. The van der Waals surface area contributed by atoms with Crippen LogP contribution in [-0.4, -0.2) is 26.4 Å². The number of aromatic nitrogens is 3. The quantitative estimate of drug-likeness (QED) is 0.637. The van der Waals surface area contributed by atoms with E-state index in [9.17, 15) is 4.79 Å². The van der Waals surface area contributed by atoms with Gasteiger partial charge >= 0.3 is 0 Å². The number of carbonyl (C=O) groups excluding carboxylic acids is 1. The molecule has 0 aliphatic carbocycles. The predicted octanol–water partition coefficient (Wildman–Crippen LogP) is 3.67. The van der Waals surface area contributed by atoms with Gasteiger partial charge in [0.15, 0.2) is 11.0 Å². The Balaban J connectivity index is 1.58. The third-order valence-electron chi connectivity index (χ3n) is 3.65. The summed E-state index contributed by atoms with van der Waals surface area (Å²) in [6, 6.07) is 5.78. The lowest BCUT2D eigenvalue weighted by molar-refractivity contribution is -0.118. The van der Waals surface area contributed by atoms with Crippen LogP contribution in [0.2, 0.25) is 0 Å². The van der Waals surface area contributed by atoms with Crippen molar-refractivity contribution in [2.24, 2.45) is 7.05 Å². The van der Waals surface area contributed by atoms with E-state index < -0.39 is 0 Å². The summed E-state index contributed by atoms with van der Waals surface area (Å²) < 4.78 is 7.12. The molecule has 132 valence electrons. The zero-order valence-electron chi connectivity index (χ0n) is 14.4. The number of thioether (sulfide) groups is 1. The van der Waals surface area contributed by atoms with Gasteiger partial charge in [0.05, 0.1) is 18.6 Å². The fourth-order valence-electron chi connectivity index (χ4n) is 2.24. The second-order valence-electron chi connectivity index (χ2n) is 5.90. The van der Waals surface area contributed by atoms with Gasteiger partial charge < -0.3 is 14.3 Å². The Bertz CT molecular complexity index is 837. The van der Waals surface area contributed by atoms with E-state index in [1.165, 1.54) is 16.6 Å². The van der Waals surface area contributed by atoms with E-state index in [2.05, 4.69) is 40.8 Å². The molecule has 0 spiro atoms. The number of nitrogens with zero attached hydrogens (tertiary/aromatic N) is 3. The van der Waals surface area contributed by atoms with Crippen molar-refractivity contribution in [3.63, 3.8) is 0 Å². The van der Waals surface area contributed by atoms with Gasteiger partial charge in [-0.1, -0.05) is 25.6 Å². The molecule has 0 aliphatic rings. The summed E-state index contributed by atoms with van der Waals surface area (Å²) >= 11 is 3.10. The minimum absolute atomic E-state index is 0.0661. The molecular weight excluding hydrogens is 356 g/mol. The van der Waals surface area contributed by atoms with E-state index in [-0.39, 0.29) is 11.7 Å². The van der Waals surface area contributed by atoms with Gasteiger partial charge in [-0.2, -0.15) is 0 Å². The monoisotopic (exact) mass is 376 g/mol. The highest BCUT2D eigenvalue weighted by atomic mass is 32.2. The van der Waals surface area contributed by atoms with Crippen LogP contribution < -0.4 is 5.32 Å². The van der Waals surface area contributed by atoms with Gasteiger partial charge in [0, 0.05) is 22.9 Å². The Morgan fingerprint density at radius 2 is 2.28 bits per heavy atom. The first kappa shape index (κ1) is 17.8. The van der Waals surface area contributed by atoms with Gasteiger partial charge in [0.25, 0.3) is 0 Å². The molecule has 0 atom stereocenters. The third kappa shape index (κ3) is 4.32. The molecule has 8 heteroatoms. The van der Waals surface area contributed by atoms with E-state index in [4.69, 9.17) is 4.42 Å². The van der Waals surface area contributed by atoms with E-state index in [1.807, 2.05) is 17.7 Å². The van der Waals surface area contributed by atoms with Gasteiger partial charge in [0.1, 0.15) is 5.76 Å². The molecule has 0 radical (unpaired) electrons. The molecule has 3 aromatic heterocycles. The van der Waals surface area contributed by atoms with E-state index >= 15 is 0 Å². The summed E-state index contributed by atoms with van der Waals surface area (Å²) in [5, 5.41) is 14.1. The highest BCUT2D eigenvalue weighted by Gasteiger charge is 2.15. The molecule has 0 fully saturated rings. The third-order valence-corrected chi connectivity index (χ3v) is 5.91. The molecule has 3 rings (SSSR count). The average Bonchev–Trinajstić information content (AvgIpc) is 3.32. The van der Waals surface area contributed by atoms with Gasteiger partial charge in [-0.15, -0.1) is 21.5 Å². The van der Waals surface area contributed by atoms with Crippen LogP contribution in [0.1, 0.15) is 30.4 Å². The van der Waals surface area contributed by atoms with Crippen LogP contribution in [0, 0.1) is 0 Å². The van der Waals surface area contributed by atoms with E-state index in [1.54, 1.807) is 23.7 Å². The molecule has 0 unspecified atom stereocenters. The van der Waals surface area contributed by atoms with E-state index in [0.29, 0.717) is 12.5 Å². The highest BCUT2D eigenvalue weighted by Crippen LogP contribution is 2.30. The number of furan rings is 1. The number of carbonyl (C=O) groups is 1. The number of nitrogens with one attached hydrogen (secondary N) is 1. The summed E-state index contributed by atoms with van der Waals surface area (Å²) in [7, 11) is 1.92. The second-order valence-corrected chi connectivity index (χ2v) is 7.79. The van der Waals surface area contributed by atoms with Crippen LogP contribution in [0.25, 0.3) is 11.4 Å². The standard InChI is InChI=1S/C17H20N4O2S2/c1-11(2)14-7-12(9-24-14)16-19-20-17(21(16)3)25-10-15(22)18-8-13-5-4-6-23-13/h4-7,9,11H,8,10H2,1-3H3,(H,18,22). The predicted molar refractivity (Wildman–Crippen MR) is 99.7 cm³/mol. The largest absolute Gasteiger partial charge is 0.467 e. The smallest absolute Gasteiger partial charge is 0.230 e. The van der Waals surface area contributed by atoms with Crippen LogP contribution in [-0.2, 0) is 18.4 Å². The van der Waals surface area contributed by atoms with Crippen LogP contribution in [0.5, 0.6) is 0 Å².